The minimum atomic E-state index is 0.216. The van der Waals surface area contributed by atoms with Crippen LogP contribution in [0.4, 0.5) is 5.69 Å². The fourth-order valence-electron chi connectivity index (χ4n) is 9.09. The van der Waals surface area contributed by atoms with Gasteiger partial charge in [-0.05, 0) is 94.3 Å². The van der Waals surface area contributed by atoms with E-state index in [0.29, 0.717) is 5.92 Å². The highest BCUT2D eigenvalue weighted by molar-refractivity contribution is 5.98. The highest BCUT2D eigenvalue weighted by Crippen LogP contribution is 2.48. The van der Waals surface area contributed by atoms with Crippen LogP contribution in [-0.4, -0.2) is 0 Å². The molecule has 0 saturated heterocycles. The summed E-state index contributed by atoms with van der Waals surface area (Å²) in [6.07, 6.45) is 15.4. The fourth-order valence-corrected chi connectivity index (χ4v) is 9.09. The molecule has 2 heterocycles. The summed E-state index contributed by atoms with van der Waals surface area (Å²) in [6, 6.07) is 48.4. The van der Waals surface area contributed by atoms with E-state index >= 15 is 0 Å². The van der Waals surface area contributed by atoms with E-state index in [1.807, 2.05) is 0 Å². The molecule has 3 nitrogen and oxygen atoms in total. The Bertz CT molecular complexity index is 2720. The summed E-state index contributed by atoms with van der Waals surface area (Å²) in [5, 5.41) is 3.82. The average molecular weight is 684 g/mol. The highest BCUT2D eigenvalue weighted by atomic mass is 16.5. The van der Waals surface area contributed by atoms with Gasteiger partial charge in [0.2, 0.25) is 0 Å². The van der Waals surface area contributed by atoms with Crippen LogP contribution in [0.15, 0.2) is 185 Å². The largest absolute Gasteiger partial charge is 0.460 e. The number of para-hydroxylation sites is 2. The molecule has 6 aromatic carbocycles. The van der Waals surface area contributed by atoms with Gasteiger partial charge in [-0.15, -0.1) is 0 Å². The van der Waals surface area contributed by atoms with Crippen molar-refractivity contribution in [2.24, 2.45) is 0 Å². The molecule has 0 bridgehead atoms. The van der Waals surface area contributed by atoms with Gasteiger partial charge in [0.15, 0.2) is 0 Å². The van der Waals surface area contributed by atoms with E-state index in [-0.39, 0.29) is 5.92 Å². The van der Waals surface area contributed by atoms with Crippen LogP contribution >= 0.6 is 0 Å². The molecule has 0 saturated carbocycles. The minimum absolute atomic E-state index is 0.216. The first-order valence-electron chi connectivity index (χ1n) is 18.8. The van der Waals surface area contributed by atoms with E-state index in [4.69, 9.17) is 9.15 Å². The van der Waals surface area contributed by atoms with E-state index in [2.05, 4.69) is 169 Å². The molecule has 2 atom stereocenters. The van der Waals surface area contributed by atoms with Crippen LogP contribution in [0.1, 0.15) is 47.1 Å². The molecule has 4 aliphatic rings. The smallest absolute Gasteiger partial charge is 0.136 e. The molecule has 3 aliphatic carbocycles. The Morgan fingerprint density at radius 1 is 0.642 bits per heavy atom. The van der Waals surface area contributed by atoms with Gasteiger partial charge in [0, 0.05) is 40.2 Å². The van der Waals surface area contributed by atoms with E-state index in [1.54, 1.807) is 0 Å². The molecule has 0 spiro atoms. The number of ether oxygens (including phenoxy) is 1. The first kappa shape index (κ1) is 30.3. The summed E-state index contributed by atoms with van der Waals surface area (Å²) < 4.78 is 12.9. The lowest BCUT2D eigenvalue weighted by Gasteiger charge is -2.32. The maximum Gasteiger partial charge on any atom is 0.136 e. The van der Waals surface area contributed by atoms with Gasteiger partial charge in [-0.3, -0.25) is 0 Å². The van der Waals surface area contributed by atoms with Gasteiger partial charge in [0.25, 0.3) is 0 Å². The van der Waals surface area contributed by atoms with Crippen LogP contribution in [0.2, 0.25) is 0 Å². The number of nitrogens with zero attached hydrogens (tertiary/aromatic N) is 1. The van der Waals surface area contributed by atoms with Crippen molar-refractivity contribution in [3.8, 4) is 28.0 Å². The Hall–Kier alpha value is -6.32. The molecular formula is C50H37NO2. The summed E-state index contributed by atoms with van der Waals surface area (Å²) in [7, 11) is 0. The van der Waals surface area contributed by atoms with Crippen LogP contribution < -0.4 is 9.64 Å². The quantitative estimate of drug-likeness (QED) is 0.181. The number of allylic oxidation sites excluding steroid dienone is 6. The number of rotatable bonds is 5. The van der Waals surface area contributed by atoms with E-state index in [9.17, 15) is 0 Å². The normalized spacial score (nSPS) is 18.3. The van der Waals surface area contributed by atoms with Gasteiger partial charge in [0.1, 0.15) is 22.9 Å². The maximum absolute atomic E-state index is 6.68. The van der Waals surface area contributed by atoms with Gasteiger partial charge in [-0.1, -0.05) is 127 Å². The molecule has 1 aliphatic heterocycles. The average Bonchev–Trinajstić information content (AvgIpc) is 3.80. The van der Waals surface area contributed by atoms with Crippen molar-refractivity contribution in [1.29, 1.82) is 0 Å². The van der Waals surface area contributed by atoms with Gasteiger partial charge in [-0.25, -0.2) is 0 Å². The zero-order valence-electron chi connectivity index (χ0n) is 29.3. The molecule has 254 valence electrons. The monoisotopic (exact) mass is 683 g/mol. The number of fused-ring (bicyclic) bond motifs is 9. The Morgan fingerprint density at radius 2 is 1.43 bits per heavy atom. The lowest BCUT2D eigenvalue weighted by atomic mass is 9.86. The summed E-state index contributed by atoms with van der Waals surface area (Å²) in [5.74, 6) is 3.63. The second-order valence-electron chi connectivity index (χ2n) is 14.6. The predicted octanol–water partition coefficient (Wildman–Crippen LogP) is 12.8. The maximum atomic E-state index is 6.68. The van der Waals surface area contributed by atoms with Gasteiger partial charge >= 0.3 is 0 Å². The van der Waals surface area contributed by atoms with Crippen molar-refractivity contribution in [2.75, 3.05) is 4.90 Å². The van der Waals surface area contributed by atoms with Crippen molar-refractivity contribution in [3.63, 3.8) is 0 Å². The topological polar surface area (TPSA) is 25.6 Å². The summed E-state index contributed by atoms with van der Waals surface area (Å²) >= 11 is 0. The molecule has 3 heteroatoms. The molecule has 0 fully saturated rings. The Labute approximate surface area is 309 Å². The van der Waals surface area contributed by atoms with Crippen LogP contribution in [0.3, 0.4) is 0 Å². The molecular weight excluding hydrogens is 647 g/mol. The first-order valence-corrected chi connectivity index (χ1v) is 18.8. The Morgan fingerprint density at radius 3 is 2.34 bits per heavy atom. The van der Waals surface area contributed by atoms with Crippen LogP contribution in [0.25, 0.3) is 44.0 Å². The van der Waals surface area contributed by atoms with Crippen molar-refractivity contribution < 1.29 is 9.15 Å². The molecule has 0 N–H and O–H groups in total. The van der Waals surface area contributed by atoms with Crippen molar-refractivity contribution in [3.05, 3.63) is 203 Å². The van der Waals surface area contributed by atoms with Crippen molar-refractivity contribution >= 4 is 27.4 Å². The number of hydrogen-bond acceptors (Lipinski definition) is 3. The third-order valence-electron chi connectivity index (χ3n) is 11.7. The van der Waals surface area contributed by atoms with Gasteiger partial charge in [-0.2, -0.15) is 0 Å². The standard InChI is InChI=1S/C50H37NO2/c1-2-11-39-33(9-1)10-7-14-40(39)34-21-27-38(28-22-34)51(45-16-8-15-43-42-12-3-5-17-46(42)53-50(43)45)37-25-19-32(20-26-37)35-23-29-41-36(31-35)24-30-48-49(41)44-13-4-6-18-47(44)52-48/h1-14,16-21,23,25-29,31,34,43H,15,22,24,30H2. The second kappa shape index (κ2) is 12.1. The molecule has 2 unspecified atom stereocenters. The zero-order chi connectivity index (χ0) is 34.9. The third-order valence-corrected chi connectivity index (χ3v) is 11.7. The Kier molecular flexibility index (Phi) is 6.94. The Balaban J connectivity index is 0.962. The number of aryl methyl sites for hydroxylation is 2. The number of anilines is 1. The zero-order valence-corrected chi connectivity index (χ0v) is 29.3. The second-order valence-corrected chi connectivity index (χ2v) is 14.6. The molecule has 0 amide bonds. The van der Waals surface area contributed by atoms with Crippen LogP contribution in [0, 0.1) is 0 Å². The van der Waals surface area contributed by atoms with Crippen LogP contribution in [0.5, 0.6) is 5.75 Å². The summed E-state index contributed by atoms with van der Waals surface area (Å²) in [4.78, 5) is 2.40. The van der Waals surface area contributed by atoms with Gasteiger partial charge < -0.3 is 14.1 Å². The van der Waals surface area contributed by atoms with E-state index < -0.39 is 0 Å². The summed E-state index contributed by atoms with van der Waals surface area (Å²) in [6.45, 7) is 0. The fraction of sp³-hybridized carbons (Fsp3) is 0.120. The van der Waals surface area contributed by atoms with Gasteiger partial charge in [0.05, 0.1) is 11.6 Å². The molecule has 7 aromatic rings. The number of benzene rings is 6. The SMILES string of the molecule is C1=CC(N(C2=CCC(c3cccc4ccccc34)C=C2)c2ccc(-c3ccc4c(c3)CCc3oc5ccccc5c3-4)cc2)=C2Oc3ccccc3C2C1. The van der Waals surface area contributed by atoms with Crippen molar-refractivity contribution in [1.82, 2.24) is 0 Å². The summed E-state index contributed by atoms with van der Waals surface area (Å²) in [5.41, 5.74) is 13.4. The van der Waals surface area contributed by atoms with Crippen LogP contribution in [-0.2, 0) is 12.8 Å². The number of hydrogen-bond donors (Lipinski definition) is 0. The lowest BCUT2D eigenvalue weighted by Crippen LogP contribution is -2.25. The lowest BCUT2D eigenvalue weighted by molar-refractivity contribution is 0.418. The molecule has 53 heavy (non-hydrogen) atoms. The molecule has 1 aromatic heterocycles. The van der Waals surface area contributed by atoms with Crippen molar-refractivity contribution in [2.45, 2.75) is 37.5 Å². The minimum Gasteiger partial charge on any atom is -0.460 e. The third kappa shape index (κ3) is 4.95. The number of furan rings is 1. The van der Waals surface area contributed by atoms with E-state index in [0.717, 1.165) is 59.9 Å². The molecule has 11 rings (SSSR count). The predicted molar refractivity (Wildman–Crippen MR) is 216 cm³/mol. The first-order chi connectivity index (χ1) is 26.3. The van der Waals surface area contributed by atoms with E-state index in [1.165, 1.54) is 60.8 Å². The highest BCUT2D eigenvalue weighted by Gasteiger charge is 2.35. The molecule has 0 radical (unpaired) electrons.